The van der Waals surface area contributed by atoms with Crippen LogP contribution in [0.25, 0.3) is 0 Å². The Morgan fingerprint density at radius 3 is 2.37 bits per heavy atom. The fraction of sp³-hybridized carbons (Fsp3) is 0.545. The van der Waals surface area contributed by atoms with Gasteiger partial charge in [0.25, 0.3) is 0 Å². The van der Waals surface area contributed by atoms with E-state index in [1.54, 1.807) is 0 Å². The summed E-state index contributed by atoms with van der Waals surface area (Å²) in [5, 5.41) is 6.88. The maximum Gasteiger partial charge on any atom is 0.224 e. The zero-order chi connectivity index (χ0) is 19.4. The average molecular weight is 370 g/mol. The molecule has 1 fully saturated rings. The maximum absolute atomic E-state index is 12.2. The number of carbonyl (C=O) groups is 1. The highest BCUT2D eigenvalue weighted by Crippen LogP contribution is 2.22. The standard InChI is InChI=1S/C22H31N3O2/c1-15-9-16(2)13-25(12-15)14-20-7-5-19(6-8-20)11-23-22(26)10-21-17(3)24-27-18(21)4/h5-8,15-16H,9-14H2,1-4H3,(H,23,26)/t15-,16-/m0/s1. The van der Waals surface area contributed by atoms with Crippen molar-refractivity contribution in [2.24, 2.45) is 11.8 Å². The number of hydrogen-bond acceptors (Lipinski definition) is 4. The number of benzene rings is 1. The van der Waals surface area contributed by atoms with Gasteiger partial charge in [-0.25, -0.2) is 0 Å². The second-order valence-corrected chi connectivity index (χ2v) is 8.21. The Morgan fingerprint density at radius 2 is 1.78 bits per heavy atom. The van der Waals surface area contributed by atoms with Gasteiger partial charge in [0, 0.05) is 31.7 Å². The average Bonchev–Trinajstić information content (AvgIpc) is 2.92. The van der Waals surface area contributed by atoms with Crippen LogP contribution in [0, 0.1) is 25.7 Å². The molecule has 27 heavy (non-hydrogen) atoms. The van der Waals surface area contributed by atoms with E-state index in [4.69, 9.17) is 4.52 Å². The molecule has 1 aliphatic rings. The van der Waals surface area contributed by atoms with Crippen LogP contribution in [0.5, 0.6) is 0 Å². The van der Waals surface area contributed by atoms with Gasteiger partial charge in [-0.2, -0.15) is 0 Å². The molecule has 146 valence electrons. The van der Waals surface area contributed by atoms with Crippen LogP contribution in [0.2, 0.25) is 0 Å². The molecule has 2 aromatic rings. The van der Waals surface area contributed by atoms with Crippen LogP contribution in [0.4, 0.5) is 0 Å². The first-order valence-corrected chi connectivity index (χ1v) is 9.89. The number of amides is 1. The van der Waals surface area contributed by atoms with Gasteiger partial charge in [-0.3, -0.25) is 9.69 Å². The van der Waals surface area contributed by atoms with Crippen LogP contribution in [0.3, 0.4) is 0 Å². The molecule has 0 unspecified atom stereocenters. The molecule has 5 nitrogen and oxygen atoms in total. The molecule has 0 saturated carbocycles. The second-order valence-electron chi connectivity index (χ2n) is 8.21. The molecule has 0 bridgehead atoms. The van der Waals surface area contributed by atoms with Gasteiger partial charge in [0.15, 0.2) is 0 Å². The lowest BCUT2D eigenvalue weighted by atomic mass is 9.91. The quantitative estimate of drug-likeness (QED) is 0.845. The van der Waals surface area contributed by atoms with Crippen molar-refractivity contribution in [3.8, 4) is 0 Å². The van der Waals surface area contributed by atoms with Gasteiger partial charge < -0.3 is 9.84 Å². The largest absolute Gasteiger partial charge is 0.361 e. The summed E-state index contributed by atoms with van der Waals surface area (Å²) in [6.45, 7) is 12.3. The third-order valence-electron chi connectivity index (χ3n) is 5.38. The number of rotatable bonds is 6. The van der Waals surface area contributed by atoms with Crippen LogP contribution >= 0.6 is 0 Å². The molecule has 2 heterocycles. The van der Waals surface area contributed by atoms with Crippen molar-refractivity contribution in [3.63, 3.8) is 0 Å². The van der Waals surface area contributed by atoms with Crippen molar-refractivity contribution in [2.75, 3.05) is 13.1 Å². The van der Waals surface area contributed by atoms with Crippen molar-refractivity contribution in [3.05, 3.63) is 52.4 Å². The first kappa shape index (κ1) is 19.6. The van der Waals surface area contributed by atoms with E-state index in [2.05, 4.69) is 53.5 Å². The van der Waals surface area contributed by atoms with Crippen LogP contribution in [-0.4, -0.2) is 29.1 Å². The normalized spacial score (nSPS) is 20.6. The Balaban J connectivity index is 1.48. The second kappa shape index (κ2) is 8.70. The Labute approximate surface area is 162 Å². The molecular formula is C22H31N3O2. The van der Waals surface area contributed by atoms with Gasteiger partial charge in [0.05, 0.1) is 12.1 Å². The Morgan fingerprint density at radius 1 is 1.15 bits per heavy atom. The molecular weight excluding hydrogens is 338 g/mol. The molecule has 0 radical (unpaired) electrons. The zero-order valence-corrected chi connectivity index (χ0v) is 16.9. The van der Waals surface area contributed by atoms with Crippen LogP contribution in [0.15, 0.2) is 28.8 Å². The third-order valence-corrected chi connectivity index (χ3v) is 5.38. The third kappa shape index (κ3) is 5.42. The number of nitrogens with one attached hydrogen (secondary N) is 1. The molecule has 0 spiro atoms. The topological polar surface area (TPSA) is 58.4 Å². The monoisotopic (exact) mass is 369 g/mol. The smallest absolute Gasteiger partial charge is 0.224 e. The van der Waals surface area contributed by atoms with E-state index < -0.39 is 0 Å². The molecule has 1 aliphatic heterocycles. The van der Waals surface area contributed by atoms with E-state index in [9.17, 15) is 4.79 Å². The fourth-order valence-electron chi connectivity index (χ4n) is 4.12. The highest BCUT2D eigenvalue weighted by Gasteiger charge is 2.21. The number of hydrogen-bond donors (Lipinski definition) is 1. The summed E-state index contributed by atoms with van der Waals surface area (Å²) in [6, 6.07) is 8.59. The lowest BCUT2D eigenvalue weighted by Gasteiger charge is -2.35. The number of nitrogens with zero attached hydrogens (tertiary/aromatic N) is 2. The summed E-state index contributed by atoms with van der Waals surface area (Å²) in [4.78, 5) is 14.7. The summed E-state index contributed by atoms with van der Waals surface area (Å²) in [7, 11) is 0. The summed E-state index contributed by atoms with van der Waals surface area (Å²) >= 11 is 0. The molecule has 1 saturated heterocycles. The zero-order valence-electron chi connectivity index (χ0n) is 16.9. The van der Waals surface area contributed by atoms with Crippen molar-refractivity contribution in [1.82, 2.24) is 15.4 Å². The fourth-order valence-corrected chi connectivity index (χ4v) is 4.12. The molecule has 1 aromatic heterocycles. The van der Waals surface area contributed by atoms with Gasteiger partial charge in [-0.05, 0) is 43.2 Å². The lowest BCUT2D eigenvalue weighted by molar-refractivity contribution is -0.120. The number of piperidine rings is 1. The van der Waals surface area contributed by atoms with E-state index in [1.807, 2.05) is 13.8 Å². The van der Waals surface area contributed by atoms with Crippen LogP contribution in [-0.2, 0) is 24.3 Å². The minimum absolute atomic E-state index is 0.00947. The van der Waals surface area contributed by atoms with E-state index >= 15 is 0 Å². The van der Waals surface area contributed by atoms with Crippen molar-refractivity contribution in [1.29, 1.82) is 0 Å². The SMILES string of the molecule is Cc1noc(C)c1CC(=O)NCc1ccc(CN2C[C@@H](C)C[C@H](C)C2)cc1. The summed E-state index contributed by atoms with van der Waals surface area (Å²) in [5.74, 6) is 2.26. The van der Waals surface area contributed by atoms with Crippen molar-refractivity contribution < 1.29 is 9.32 Å². The van der Waals surface area contributed by atoms with Crippen LogP contribution in [0.1, 0.15) is 48.4 Å². The van der Waals surface area contributed by atoms with Crippen molar-refractivity contribution >= 4 is 5.91 Å². The van der Waals surface area contributed by atoms with Gasteiger partial charge in [0.1, 0.15) is 5.76 Å². The van der Waals surface area contributed by atoms with E-state index in [-0.39, 0.29) is 5.91 Å². The summed E-state index contributed by atoms with van der Waals surface area (Å²) in [5.41, 5.74) is 4.12. The van der Waals surface area contributed by atoms with E-state index in [0.717, 1.165) is 35.2 Å². The van der Waals surface area contributed by atoms with Gasteiger partial charge >= 0.3 is 0 Å². The predicted octanol–water partition coefficient (Wildman–Crippen LogP) is 3.63. The molecule has 3 rings (SSSR count). The highest BCUT2D eigenvalue weighted by atomic mass is 16.5. The Hall–Kier alpha value is -2.14. The molecule has 1 aromatic carbocycles. The van der Waals surface area contributed by atoms with Gasteiger partial charge in [-0.15, -0.1) is 0 Å². The minimum Gasteiger partial charge on any atom is -0.361 e. The molecule has 2 atom stereocenters. The lowest BCUT2D eigenvalue weighted by Crippen LogP contribution is -2.38. The van der Waals surface area contributed by atoms with Gasteiger partial charge in [-0.1, -0.05) is 43.3 Å². The number of carbonyl (C=O) groups excluding carboxylic acids is 1. The van der Waals surface area contributed by atoms with E-state index in [0.29, 0.717) is 18.7 Å². The minimum atomic E-state index is -0.00947. The first-order valence-electron chi connectivity index (χ1n) is 9.89. The van der Waals surface area contributed by atoms with Crippen molar-refractivity contribution in [2.45, 2.75) is 53.6 Å². The van der Waals surface area contributed by atoms with Crippen LogP contribution < -0.4 is 5.32 Å². The van der Waals surface area contributed by atoms with E-state index in [1.165, 1.54) is 25.1 Å². The molecule has 1 N–H and O–H groups in total. The predicted molar refractivity (Wildman–Crippen MR) is 106 cm³/mol. The number of likely N-dealkylation sites (tertiary alicyclic amines) is 1. The number of aryl methyl sites for hydroxylation is 2. The Kier molecular flexibility index (Phi) is 6.32. The highest BCUT2D eigenvalue weighted by molar-refractivity contribution is 5.78. The first-order chi connectivity index (χ1) is 12.9. The summed E-state index contributed by atoms with van der Waals surface area (Å²) in [6.07, 6.45) is 1.65. The molecule has 0 aliphatic carbocycles. The molecule has 5 heteroatoms. The van der Waals surface area contributed by atoms with Gasteiger partial charge in [0.2, 0.25) is 5.91 Å². The number of aromatic nitrogens is 1. The summed E-state index contributed by atoms with van der Waals surface area (Å²) < 4.78 is 5.11. The maximum atomic E-state index is 12.2. The Bertz CT molecular complexity index is 737. The molecule has 1 amide bonds.